The number of hydrogen-bond acceptors (Lipinski definition) is 3. The first kappa shape index (κ1) is 19.2. The molecule has 1 aliphatic heterocycles. The smallest absolute Gasteiger partial charge is 0.223 e. The molecule has 1 N–H and O–H groups in total. The van der Waals surface area contributed by atoms with E-state index >= 15 is 0 Å². The van der Waals surface area contributed by atoms with Gasteiger partial charge in [-0.2, -0.15) is 0 Å². The first-order valence-corrected chi connectivity index (χ1v) is 9.85. The van der Waals surface area contributed by atoms with E-state index in [-0.39, 0.29) is 17.7 Å². The normalized spacial score (nSPS) is 25.5. The summed E-state index contributed by atoms with van der Waals surface area (Å²) in [6.45, 7) is 8.95. The van der Waals surface area contributed by atoms with Crippen LogP contribution in [0.1, 0.15) is 58.8 Å². The molecular weight excluding hydrogens is 302 g/mol. The lowest BCUT2D eigenvalue weighted by atomic mass is 9.79. The Bertz CT molecular complexity index is 397. The highest BCUT2D eigenvalue weighted by Gasteiger charge is 2.26. The fourth-order valence-corrected chi connectivity index (χ4v) is 3.97. The maximum Gasteiger partial charge on any atom is 0.223 e. The Labute approximate surface area is 147 Å². The second kappa shape index (κ2) is 10.0. The summed E-state index contributed by atoms with van der Waals surface area (Å²) in [5.74, 6) is 1.51. The van der Waals surface area contributed by atoms with E-state index in [1.54, 1.807) is 6.92 Å². The molecule has 5 heteroatoms. The number of rotatable bonds is 7. The van der Waals surface area contributed by atoms with Crippen LogP contribution in [0.15, 0.2) is 0 Å². The van der Waals surface area contributed by atoms with Crippen molar-refractivity contribution in [1.29, 1.82) is 0 Å². The van der Waals surface area contributed by atoms with Gasteiger partial charge in [-0.25, -0.2) is 0 Å². The molecule has 0 aromatic rings. The van der Waals surface area contributed by atoms with Crippen LogP contribution in [0.4, 0.5) is 0 Å². The van der Waals surface area contributed by atoms with E-state index in [0.29, 0.717) is 0 Å². The van der Waals surface area contributed by atoms with Crippen molar-refractivity contribution < 1.29 is 9.59 Å². The summed E-state index contributed by atoms with van der Waals surface area (Å²) in [4.78, 5) is 27.9. The maximum absolute atomic E-state index is 12.3. The molecule has 2 amide bonds. The van der Waals surface area contributed by atoms with Crippen LogP contribution in [0.5, 0.6) is 0 Å². The Morgan fingerprint density at radius 3 is 2.29 bits per heavy atom. The minimum atomic E-state index is 0.164. The highest BCUT2D eigenvalue weighted by atomic mass is 16.2. The molecule has 0 unspecified atom stereocenters. The summed E-state index contributed by atoms with van der Waals surface area (Å²) in [6.07, 6.45) is 8.54. The number of amides is 2. The van der Waals surface area contributed by atoms with Gasteiger partial charge in [-0.3, -0.25) is 14.5 Å². The van der Waals surface area contributed by atoms with Crippen LogP contribution >= 0.6 is 0 Å². The van der Waals surface area contributed by atoms with Gasteiger partial charge in [-0.05, 0) is 31.6 Å². The lowest BCUT2D eigenvalue weighted by Gasteiger charge is -2.34. The molecule has 0 aromatic carbocycles. The third kappa shape index (κ3) is 6.08. The highest BCUT2D eigenvalue weighted by molar-refractivity contribution is 5.78. The lowest BCUT2D eigenvalue weighted by Crippen LogP contribution is -2.50. The van der Waals surface area contributed by atoms with Gasteiger partial charge in [0.25, 0.3) is 0 Å². The van der Waals surface area contributed by atoms with Gasteiger partial charge in [-0.15, -0.1) is 0 Å². The summed E-state index contributed by atoms with van der Waals surface area (Å²) in [6, 6.07) is 0. The molecule has 0 radical (unpaired) electrons. The van der Waals surface area contributed by atoms with Gasteiger partial charge in [0.1, 0.15) is 0 Å². The predicted octanol–water partition coefficient (Wildman–Crippen LogP) is 2.26. The zero-order valence-electron chi connectivity index (χ0n) is 15.6. The van der Waals surface area contributed by atoms with Gasteiger partial charge in [-0.1, -0.05) is 26.2 Å². The molecule has 0 spiro atoms. The Morgan fingerprint density at radius 1 is 1.04 bits per heavy atom. The molecule has 1 saturated carbocycles. The van der Waals surface area contributed by atoms with Crippen molar-refractivity contribution >= 4 is 11.8 Å². The summed E-state index contributed by atoms with van der Waals surface area (Å²) in [5, 5.41) is 3.13. The van der Waals surface area contributed by atoms with Gasteiger partial charge in [0, 0.05) is 52.1 Å². The molecule has 1 saturated heterocycles. The SMILES string of the molecule is CCCCC1CCC(C(=O)NCCN2CCN(C(C)=O)CC2)CC1. The zero-order valence-corrected chi connectivity index (χ0v) is 15.6. The summed E-state index contributed by atoms with van der Waals surface area (Å²) in [7, 11) is 0. The quantitative estimate of drug-likeness (QED) is 0.775. The summed E-state index contributed by atoms with van der Waals surface area (Å²) >= 11 is 0. The van der Waals surface area contributed by atoms with Gasteiger partial charge in [0.2, 0.25) is 11.8 Å². The van der Waals surface area contributed by atoms with Gasteiger partial charge in [0.15, 0.2) is 0 Å². The minimum Gasteiger partial charge on any atom is -0.355 e. The summed E-state index contributed by atoms with van der Waals surface area (Å²) in [5.41, 5.74) is 0. The van der Waals surface area contributed by atoms with Crippen LogP contribution in [0.2, 0.25) is 0 Å². The predicted molar refractivity (Wildman–Crippen MR) is 96.7 cm³/mol. The molecule has 2 fully saturated rings. The Morgan fingerprint density at radius 2 is 1.71 bits per heavy atom. The van der Waals surface area contributed by atoms with Crippen LogP contribution < -0.4 is 5.32 Å². The van der Waals surface area contributed by atoms with Crippen LogP contribution in [-0.2, 0) is 9.59 Å². The number of nitrogens with zero attached hydrogens (tertiary/aromatic N) is 2. The van der Waals surface area contributed by atoms with E-state index in [4.69, 9.17) is 0 Å². The molecule has 1 heterocycles. The number of unbranched alkanes of at least 4 members (excludes halogenated alkanes) is 1. The minimum absolute atomic E-state index is 0.164. The van der Waals surface area contributed by atoms with Crippen molar-refractivity contribution in [3.63, 3.8) is 0 Å². The molecule has 2 rings (SSSR count). The zero-order chi connectivity index (χ0) is 17.4. The van der Waals surface area contributed by atoms with E-state index in [1.807, 2.05) is 4.90 Å². The highest BCUT2D eigenvalue weighted by Crippen LogP contribution is 2.31. The van der Waals surface area contributed by atoms with Gasteiger partial charge in [0.05, 0.1) is 0 Å². The molecule has 0 bridgehead atoms. The average Bonchev–Trinajstić information content (AvgIpc) is 2.60. The van der Waals surface area contributed by atoms with Crippen molar-refractivity contribution in [1.82, 2.24) is 15.1 Å². The number of nitrogens with one attached hydrogen (secondary N) is 1. The standard InChI is InChI=1S/C19H35N3O2/c1-3-4-5-17-6-8-18(9-7-17)19(24)20-10-11-21-12-14-22(15-13-21)16(2)23/h17-18H,3-15H2,1-2H3,(H,20,24). The largest absolute Gasteiger partial charge is 0.355 e. The van der Waals surface area contributed by atoms with E-state index < -0.39 is 0 Å². The second-order valence-corrected chi connectivity index (χ2v) is 7.50. The Kier molecular flexibility index (Phi) is 8.03. The second-order valence-electron chi connectivity index (χ2n) is 7.50. The molecular formula is C19H35N3O2. The van der Waals surface area contributed by atoms with Crippen LogP contribution in [0, 0.1) is 11.8 Å². The Balaban J connectivity index is 1.57. The van der Waals surface area contributed by atoms with Crippen molar-refractivity contribution in [2.24, 2.45) is 11.8 Å². The molecule has 138 valence electrons. The van der Waals surface area contributed by atoms with Crippen LogP contribution in [0.3, 0.4) is 0 Å². The van der Waals surface area contributed by atoms with Crippen molar-refractivity contribution in [3.05, 3.63) is 0 Å². The van der Waals surface area contributed by atoms with Gasteiger partial charge < -0.3 is 10.2 Å². The maximum atomic E-state index is 12.3. The van der Waals surface area contributed by atoms with Crippen molar-refractivity contribution in [3.8, 4) is 0 Å². The molecule has 1 aliphatic carbocycles. The summed E-state index contributed by atoms with van der Waals surface area (Å²) < 4.78 is 0. The third-order valence-electron chi connectivity index (χ3n) is 5.73. The van der Waals surface area contributed by atoms with E-state index in [0.717, 1.165) is 58.0 Å². The fraction of sp³-hybridized carbons (Fsp3) is 0.895. The number of carbonyl (C=O) groups is 2. The van der Waals surface area contributed by atoms with Crippen molar-refractivity contribution in [2.45, 2.75) is 58.8 Å². The van der Waals surface area contributed by atoms with Crippen LogP contribution in [0.25, 0.3) is 0 Å². The molecule has 2 aliphatic rings. The third-order valence-corrected chi connectivity index (χ3v) is 5.73. The Hall–Kier alpha value is -1.10. The first-order chi connectivity index (χ1) is 11.6. The molecule has 5 nitrogen and oxygen atoms in total. The number of carbonyl (C=O) groups excluding carboxylic acids is 2. The van der Waals surface area contributed by atoms with E-state index in [1.165, 1.54) is 32.1 Å². The fourth-order valence-electron chi connectivity index (χ4n) is 3.97. The molecule has 0 atom stereocenters. The monoisotopic (exact) mass is 337 g/mol. The van der Waals surface area contributed by atoms with Crippen LogP contribution in [-0.4, -0.2) is 60.9 Å². The van der Waals surface area contributed by atoms with E-state index in [2.05, 4.69) is 17.1 Å². The first-order valence-electron chi connectivity index (χ1n) is 9.85. The average molecular weight is 338 g/mol. The van der Waals surface area contributed by atoms with E-state index in [9.17, 15) is 9.59 Å². The number of hydrogen-bond donors (Lipinski definition) is 1. The number of piperazine rings is 1. The molecule has 24 heavy (non-hydrogen) atoms. The topological polar surface area (TPSA) is 52.7 Å². The lowest BCUT2D eigenvalue weighted by molar-refractivity contribution is -0.130. The van der Waals surface area contributed by atoms with Gasteiger partial charge >= 0.3 is 0 Å². The van der Waals surface area contributed by atoms with Crippen molar-refractivity contribution in [2.75, 3.05) is 39.3 Å². The molecule has 0 aromatic heterocycles.